The number of amides is 4. The van der Waals surface area contributed by atoms with E-state index in [1.54, 1.807) is 111 Å². The van der Waals surface area contributed by atoms with E-state index >= 15 is 0 Å². The number of nitrogens with two attached hydrogens (primary N) is 2. The van der Waals surface area contributed by atoms with Gasteiger partial charge in [-0.1, -0.05) is 85.3 Å². The molecule has 6 aromatic rings. The fourth-order valence-corrected chi connectivity index (χ4v) is 9.21. The van der Waals surface area contributed by atoms with Gasteiger partial charge >= 0.3 is 20.4 Å². The zero-order valence-corrected chi connectivity index (χ0v) is 39.4. The molecule has 8 N–H and O–H groups in total. The zero-order chi connectivity index (χ0) is 47.3. The summed E-state index contributed by atoms with van der Waals surface area (Å²) < 4.78 is 36.3. The molecule has 6 rings (SSSR count). The van der Waals surface area contributed by atoms with Gasteiger partial charge in [0.2, 0.25) is 0 Å². The molecule has 0 aliphatic carbocycles. The Morgan fingerprint density at radius 3 is 1.27 bits per heavy atom. The number of benzene rings is 4. The minimum Gasteiger partial charge on any atom is -0.412 e. The molecule has 4 amide bonds. The van der Waals surface area contributed by atoms with Crippen molar-refractivity contribution in [2.45, 2.75) is 78.0 Å². The largest absolute Gasteiger partial charge is 0.705 e. The maximum absolute atomic E-state index is 13.4. The lowest BCUT2D eigenvalue weighted by Gasteiger charge is -2.27. The zero-order valence-electron chi connectivity index (χ0n) is 36.9. The Morgan fingerprint density at radius 1 is 0.561 bits per heavy atom. The van der Waals surface area contributed by atoms with E-state index in [9.17, 15) is 23.7 Å². The first-order valence-corrected chi connectivity index (χ1v) is 24.1. The highest BCUT2D eigenvalue weighted by molar-refractivity contribution is 7.33. The predicted octanol–water partition coefficient (Wildman–Crippen LogP) is 11.7. The lowest BCUT2D eigenvalue weighted by atomic mass is 10.1. The second kappa shape index (κ2) is 22.5. The van der Waals surface area contributed by atoms with Crippen LogP contribution < -0.4 is 32.7 Å². The molecule has 2 heterocycles. The van der Waals surface area contributed by atoms with Crippen molar-refractivity contribution in [1.29, 1.82) is 0 Å². The number of thiophene rings is 2. The third-order valence-corrected chi connectivity index (χ3v) is 13.5. The van der Waals surface area contributed by atoms with Crippen molar-refractivity contribution in [2.24, 2.45) is 0 Å². The summed E-state index contributed by atoms with van der Waals surface area (Å²) in [5.41, 5.74) is 18.2. The number of anilines is 4. The van der Waals surface area contributed by atoms with Gasteiger partial charge in [-0.15, -0.1) is 22.7 Å². The van der Waals surface area contributed by atoms with E-state index in [0.29, 0.717) is 45.0 Å². The smallest absolute Gasteiger partial charge is 0.412 e. The summed E-state index contributed by atoms with van der Waals surface area (Å²) >= 11 is 3.17. The summed E-state index contributed by atoms with van der Waals surface area (Å²) in [5, 5.41) is 15.0. The van der Waals surface area contributed by atoms with Crippen LogP contribution in [0.15, 0.2) is 120 Å². The van der Waals surface area contributed by atoms with Crippen molar-refractivity contribution in [3.63, 3.8) is 0 Å². The number of alkyl carbamates (subject to hydrolysis) is 2. The molecule has 0 radical (unpaired) electrons. The second-order valence-electron chi connectivity index (χ2n) is 15.0. The Balaban J connectivity index is 0.963. The Labute approximate surface area is 392 Å². The van der Waals surface area contributed by atoms with E-state index in [-0.39, 0.29) is 50.6 Å². The molecule has 0 aliphatic rings. The standard InChI is InChI=1S/C48H51N6O9PS2/c1-5-47(6-2,60-45(57)51-29-31-13-17-33(18-14-31)43(55)53-39-27-35(21-23-37(39)49)41-11-9-25-65-41)62-64(59)63-48(7-3,8-4)61-46(58)52-30-32-15-19-34(20-16-32)44(56)54-40-28-36(22-24-38(40)50)42-12-10-26-66-42/h9-28H,5-8,29-30,49-50H2,1-4H3,(H3-,51,52,53,54,55,56,57,58)/p+1. The fourth-order valence-electron chi connectivity index (χ4n) is 6.59. The van der Waals surface area contributed by atoms with E-state index < -0.39 is 32.0 Å². The minimum atomic E-state index is -2.98. The highest BCUT2D eigenvalue weighted by Gasteiger charge is 2.49. The number of hydrogen-bond donors (Lipinski definition) is 6. The number of nitrogen functional groups attached to an aromatic ring is 2. The van der Waals surface area contributed by atoms with Crippen LogP contribution in [0.2, 0.25) is 0 Å². The van der Waals surface area contributed by atoms with Crippen molar-refractivity contribution in [1.82, 2.24) is 10.6 Å². The Kier molecular flexibility index (Phi) is 16.7. The molecule has 0 bridgehead atoms. The number of rotatable bonds is 20. The van der Waals surface area contributed by atoms with Gasteiger partial charge < -0.3 is 42.2 Å². The van der Waals surface area contributed by atoms with Crippen LogP contribution in [0.1, 0.15) is 85.2 Å². The van der Waals surface area contributed by atoms with E-state index in [4.69, 9.17) is 30.0 Å². The second-order valence-corrected chi connectivity index (χ2v) is 17.7. The maximum atomic E-state index is 13.4. The normalized spacial score (nSPS) is 11.3. The first-order valence-electron chi connectivity index (χ1n) is 21.2. The molecule has 0 atom stereocenters. The van der Waals surface area contributed by atoms with E-state index in [1.807, 2.05) is 59.3 Å². The summed E-state index contributed by atoms with van der Waals surface area (Å²) in [4.78, 5) is 54.3. The molecule has 0 spiro atoms. The van der Waals surface area contributed by atoms with Crippen molar-refractivity contribution in [3.8, 4) is 20.9 Å². The summed E-state index contributed by atoms with van der Waals surface area (Å²) in [6, 6.07) is 32.2. The third-order valence-electron chi connectivity index (χ3n) is 10.7. The van der Waals surface area contributed by atoms with Crippen LogP contribution in [0.3, 0.4) is 0 Å². The first-order chi connectivity index (χ1) is 31.8. The van der Waals surface area contributed by atoms with Gasteiger partial charge in [0.05, 0.1) is 22.7 Å². The molecule has 15 nitrogen and oxygen atoms in total. The molecule has 0 aliphatic heterocycles. The van der Waals surface area contributed by atoms with Crippen LogP contribution in [0.25, 0.3) is 20.9 Å². The van der Waals surface area contributed by atoms with Gasteiger partial charge in [0.1, 0.15) is 0 Å². The Hall–Kier alpha value is -6.62. The molecule has 2 aromatic heterocycles. The molecule has 344 valence electrons. The summed E-state index contributed by atoms with van der Waals surface area (Å²) in [6.07, 6.45) is -1.19. The summed E-state index contributed by atoms with van der Waals surface area (Å²) in [6.45, 7) is 6.92. The lowest BCUT2D eigenvalue weighted by molar-refractivity contribution is -0.177. The highest BCUT2D eigenvalue weighted by atomic mass is 32.1. The van der Waals surface area contributed by atoms with Gasteiger partial charge in [-0.3, -0.25) is 9.59 Å². The molecule has 66 heavy (non-hydrogen) atoms. The topological polar surface area (TPSA) is 222 Å². The van der Waals surface area contributed by atoms with Crippen molar-refractivity contribution in [2.75, 3.05) is 22.1 Å². The van der Waals surface area contributed by atoms with Gasteiger partial charge in [-0.2, -0.15) is 0 Å². The van der Waals surface area contributed by atoms with Gasteiger partial charge in [0.15, 0.2) is 0 Å². The highest BCUT2D eigenvalue weighted by Crippen LogP contribution is 2.42. The van der Waals surface area contributed by atoms with Crippen LogP contribution in [-0.2, 0) is 36.2 Å². The van der Waals surface area contributed by atoms with Gasteiger partial charge in [0, 0.05) is 64.2 Å². The molecule has 0 saturated carbocycles. The minimum absolute atomic E-state index is 0.0566. The van der Waals surface area contributed by atoms with E-state index in [1.165, 1.54) is 0 Å². The maximum Gasteiger partial charge on any atom is 0.705 e. The molecule has 4 aromatic carbocycles. The van der Waals surface area contributed by atoms with Gasteiger partial charge in [0.25, 0.3) is 23.4 Å². The lowest BCUT2D eigenvalue weighted by Crippen LogP contribution is -2.41. The predicted molar refractivity (Wildman–Crippen MR) is 260 cm³/mol. The van der Waals surface area contributed by atoms with Crippen molar-refractivity contribution >= 4 is 77.7 Å². The van der Waals surface area contributed by atoms with Crippen molar-refractivity contribution < 1.29 is 42.3 Å². The molecule has 0 fully saturated rings. The quantitative estimate of drug-likeness (QED) is 0.0240. The molecular formula is C48H52N6O9PS2+. The molecular weight excluding hydrogens is 900 g/mol. The Bertz CT molecular complexity index is 2440. The van der Waals surface area contributed by atoms with Crippen molar-refractivity contribution in [3.05, 3.63) is 142 Å². The number of hydrogen-bond acceptors (Lipinski definition) is 13. The van der Waals surface area contributed by atoms with Gasteiger partial charge in [-0.05, 0) is 93.7 Å². The number of carbonyl (C=O) groups is 4. The monoisotopic (exact) mass is 951 g/mol. The van der Waals surface area contributed by atoms with Crippen LogP contribution in [-0.4, -0.2) is 35.6 Å². The number of ether oxygens (including phenoxy) is 2. The van der Waals surface area contributed by atoms with E-state index in [2.05, 4.69) is 21.3 Å². The summed E-state index contributed by atoms with van der Waals surface area (Å²) in [5.74, 6) is -3.97. The summed E-state index contributed by atoms with van der Waals surface area (Å²) in [7, 11) is -2.98. The van der Waals surface area contributed by atoms with Gasteiger partial charge in [-0.25, -0.2) is 9.59 Å². The molecule has 0 unspecified atom stereocenters. The van der Waals surface area contributed by atoms with Crippen LogP contribution >= 0.6 is 30.9 Å². The van der Waals surface area contributed by atoms with Crippen LogP contribution in [0.4, 0.5) is 32.3 Å². The molecule has 0 saturated heterocycles. The Morgan fingerprint density at radius 2 is 0.939 bits per heavy atom. The third kappa shape index (κ3) is 12.8. The fraction of sp³-hybridized carbons (Fsp3) is 0.250. The SMILES string of the molecule is CCC(CC)(OC(=O)NCc1ccc(C(=O)Nc2cc(-c3cccs3)ccc2N)cc1)O[P+](=O)OC(CC)(CC)OC(=O)NCc1ccc(C(=O)Nc2cc(-c3cccs3)ccc2N)cc1. The average molecular weight is 952 g/mol. The molecule has 18 heteroatoms. The van der Waals surface area contributed by atoms with E-state index in [0.717, 1.165) is 20.9 Å². The van der Waals surface area contributed by atoms with Crippen LogP contribution in [0, 0.1) is 0 Å². The van der Waals surface area contributed by atoms with Crippen LogP contribution in [0.5, 0.6) is 0 Å². The number of nitrogens with one attached hydrogen (secondary N) is 4. The first kappa shape index (κ1) is 48.8. The average Bonchev–Trinajstić information content (AvgIpc) is 4.08. The number of carbonyl (C=O) groups excluding carboxylic acids is 4.